The minimum absolute atomic E-state index is 0.0671. The highest BCUT2D eigenvalue weighted by Gasteiger charge is 2.31. The lowest BCUT2D eigenvalue weighted by Gasteiger charge is -2.12. The van der Waals surface area contributed by atoms with Crippen LogP contribution in [0.5, 0.6) is 0 Å². The summed E-state index contributed by atoms with van der Waals surface area (Å²) in [7, 11) is 0. The zero-order valence-corrected chi connectivity index (χ0v) is 7.98. The van der Waals surface area contributed by atoms with Crippen molar-refractivity contribution in [1.82, 2.24) is 0 Å². The summed E-state index contributed by atoms with van der Waals surface area (Å²) in [6.07, 6.45) is -5.56. The monoisotopic (exact) mass is 222 g/mol. The van der Waals surface area contributed by atoms with Crippen molar-refractivity contribution in [3.05, 3.63) is 34.9 Å². The predicted octanol–water partition coefficient (Wildman–Crippen LogP) is 3.23. The molecule has 1 atom stereocenters. The van der Waals surface area contributed by atoms with Crippen LogP contribution in [-0.4, -0.2) is 5.11 Å². The van der Waals surface area contributed by atoms with E-state index >= 15 is 0 Å². The molecule has 15 heavy (non-hydrogen) atoms. The first kappa shape index (κ1) is 12.0. The minimum Gasteiger partial charge on any atom is -0.389 e. The van der Waals surface area contributed by atoms with Gasteiger partial charge in [-0.15, -0.1) is 0 Å². The highest BCUT2D eigenvalue weighted by Crippen LogP contribution is 2.32. The first-order valence-electron chi connectivity index (χ1n) is 4.29. The van der Waals surface area contributed by atoms with E-state index in [9.17, 15) is 17.6 Å². The van der Waals surface area contributed by atoms with Crippen molar-refractivity contribution in [3.8, 4) is 0 Å². The maximum Gasteiger partial charge on any atom is 0.416 e. The Bertz CT molecular complexity index is 344. The third kappa shape index (κ3) is 2.92. The molecular weight excluding hydrogens is 212 g/mol. The van der Waals surface area contributed by atoms with Gasteiger partial charge in [-0.25, -0.2) is 4.39 Å². The quantitative estimate of drug-likeness (QED) is 0.761. The zero-order valence-electron chi connectivity index (χ0n) is 7.98. The predicted molar refractivity (Wildman–Crippen MR) is 46.9 cm³/mol. The van der Waals surface area contributed by atoms with Crippen molar-refractivity contribution in [1.29, 1.82) is 0 Å². The van der Waals surface area contributed by atoms with Crippen LogP contribution in [0, 0.1) is 0 Å². The van der Waals surface area contributed by atoms with Crippen LogP contribution in [0.25, 0.3) is 0 Å². The van der Waals surface area contributed by atoms with E-state index in [0.29, 0.717) is 0 Å². The maximum absolute atomic E-state index is 12.3. The maximum atomic E-state index is 12.3. The average Bonchev–Trinajstić information content (AvgIpc) is 2.15. The van der Waals surface area contributed by atoms with Gasteiger partial charge in [-0.1, -0.05) is 6.07 Å². The van der Waals surface area contributed by atoms with Crippen LogP contribution in [-0.2, 0) is 12.9 Å². The van der Waals surface area contributed by atoms with E-state index in [1.807, 2.05) is 0 Å². The van der Waals surface area contributed by atoms with Gasteiger partial charge in [-0.05, 0) is 30.2 Å². The normalized spacial score (nSPS) is 14.0. The molecule has 1 unspecified atom stereocenters. The molecular formula is C10H10F4O. The largest absolute Gasteiger partial charge is 0.416 e. The smallest absolute Gasteiger partial charge is 0.389 e. The molecule has 0 saturated carbocycles. The van der Waals surface area contributed by atoms with Gasteiger partial charge in [-0.2, -0.15) is 13.2 Å². The lowest BCUT2D eigenvalue weighted by Crippen LogP contribution is -2.07. The van der Waals surface area contributed by atoms with Crippen LogP contribution >= 0.6 is 0 Å². The Morgan fingerprint density at radius 2 is 1.87 bits per heavy atom. The SMILES string of the molecule is CC(O)c1cc(CF)cc(C(F)(F)F)c1. The Morgan fingerprint density at radius 1 is 1.27 bits per heavy atom. The topological polar surface area (TPSA) is 20.2 Å². The summed E-state index contributed by atoms with van der Waals surface area (Å²) >= 11 is 0. The molecule has 0 heterocycles. The fourth-order valence-corrected chi connectivity index (χ4v) is 1.20. The molecule has 0 aliphatic carbocycles. The van der Waals surface area contributed by atoms with E-state index in [-0.39, 0.29) is 11.1 Å². The minimum atomic E-state index is -4.52. The van der Waals surface area contributed by atoms with Crippen LogP contribution in [0.4, 0.5) is 17.6 Å². The molecule has 1 nitrogen and oxygen atoms in total. The third-order valence-corrected chi connectivity index (χ3v) is 1.98. The summed E-state index contributed by atoms with van der Waals surface area (Å²) in [5, 5.41) is 9.14. The first-order chi connectivity index (χ1) is 6.84. The Labute approximate surface area is 84.3 Å². The summed E-state index contributed by atoms with van der Waals surface area (Å²) in [6.45, 7) is 0.348. The molecule has 0 amide bonds. The van der Waals surface area contributed by atoms with Crippen molar-refractivity contribution in [2.45, 2.75) is 25.9 Å². The second-order valence-electron chi connectivity index (χ2n) is 3.27. The van der Waals surface area contributed by atoms with Gasteiger partial charge in [-0.3, -0.25) is 0 Å². The number of alkyl halides is 4. The van der Waals surface area contributed by atoms with Crippen molar-refractivity contribution in [3.63, 3.8) is 0 Å². The van der Waals surface area contributed by atoms with E-state index < -0.39 is 24.5 Å². The first-order valence-corrected chi connectivity index (χ1v) is 4.29. The van der Waals surface area contributed by atoms with Crippen LogP contribution in [0.15, 0.2) is 18.2 Å². The van der Waals surface area contributed by atoms with Crippen molar-refractivity contribution < 1.29 is 22.7 Å². The average molecular weight is 222 g/mol. The van der Waals surface area contributed by atoms with Crippen LogP contribution in [0.1, 0.15) is 29.7 Å². The van der Waals surface area contributed by atoms with Crippen LogP contribution in [0.2, 0.25) is 0 Å². The Kier molecular flexibility index (Phi) is 3.34. The van der Waals surface area contributed by atoms with Gasteiger partial charge < -0.3 is 5.11 Å². The molecule has 0 bridgehead atoms. The summed E-state index contributed by atoms with van der Waals surface area (Å²) in [4.78, 5) is 0. The molecule has 0 aliphatic heterocycles. The lowest BCUT2D eigenvalue weighted by molar-refractivity contribution is -0.137. The Balaban J connectivity index is 3.23. The number of hydrogen-bond donors (Lipinski definition) is 1. The lowest BCUT2D eigenvalue weighted by atomic mass is 10.0. The molecule has 0 aliphatic rings. The Hall–Kier alpha value is -1.10. The Morgan fingerprint density at radius 3 is 2.27 bits per heavy atom. The van der Waals surface area contributed by atoms with E-state index in [4.69, 9.17) is 5.11 Å². The van der Waals surface area contributed by atoms with E-state index in [1.54, 1.807) is 0 Å². The number of aliphatic hydroxyl groups excluding tert-OH is 1. The zero-order chi connectivity index (χ0) is 11.6. The number of hydrogen-bond acceptors (Lipinski definition) is 1. The number of aliphatic hydroxyl groups is 1. The highest BCUT2D eigenvalue weighted by atomic mass is 19.4. The molecule has 1 aromatic rings. The number of rotatable bonds is 2. The number of halogens is 4. The van der Waals surface area contributed by atoms with Crippen molar-refractivity contribution >= 4 is 0 Å². The molecule has 1 N–H and O–H groups in total. The van der Waals surface area contributed by atoms with E-state index in [1.165, 1.54) is 13.0 Å². The van der Waals surface area contributed by atoms with Crippen molar-refractivity contribution in [2.24, 2.45) is 0 Å². The molecule has 0 spiro atoms. The van der Waals surface area contributed by atoms with Gasteiger partial charge in [0.2, 0.25) is 0 Å². The number of benzene rings is 1. The second-order valence-corrected chi connectivity index (χ2v) is 3.27. The van der Waals surface area contributed by atoms with E-state index in [2.05, 4.69) is 0 Å². The fraction of sp³-hybridized carbons (Fsp3) is 0.400. The van der Waals surface area contributed by atoms with Gasteiger partial charge in [0, 0.05) is 0 Å². The van der Waals surface area contributed by atoms with Gasteiger partial charge in [0.05, 0.1) is 11.7 Å². The third-order valence-electron chi connectivity index (χ3n) is 1.98. The molecule has 84 valence electrons. The summed E-state index contributed by atoms with van der Waals surface area (Å²) in [6, 6.07) is 2.79. The summed E-state index contributed by atoms with van der Waals surface area (Å²) < 4.78 is 49.3. The van der Waals surface area contributed by atoms with Gasteiger partial charge >= 0.3 is 6.18 Å². The van der Waals surface area contributed by atoms with Crippen LogP contribution in [0.3, 0.4) is 0 Å². The molecule has 0 radical (unpaired) electrons. The molecule has 0 fully saturated rings. The summed E-state index contributed by atoms with van der Waals surface area (Å²) in [5.41, 5.74) is -0.952. The molecule has 0 saturated heterocycles. The van der Waals surface area contributed by atoms with Gasteiger partial charge in [0.25, 0.3) is 0 Å². The standard InChI is InChI=1S/C10H10F4O/c1-6(15)8-2-7(5-11)3-9(4-8)10(12,13)14/h2-4,6,15H,5H2,1H3. The summed E-state index contributed by atoms with van der Waals surface area (Å²) in [5.74, 6) is 0. The molecule has 5 heteroatoms. The highest BCUT2D eigenvalue weighted by molar-refractivity contribution is 5.32. The fourth-order valence-electron chi connectivity index (χ4n) is 1.20. The molecule has 1 rings (SSSR count). The van der Waals surface area contributed by atoms with Gasteiger partial charge in [0.15, 0.2) is 0 Å². The molecule has 1 aromatic carbocycles. The van der Waals surface area contributed by atoms with Crippen LogP contribution < -0.4 is 0 Å². The van der Waals surface area contributed by atoms with E-state index in [0.717, 1.165) is 12.1 Å². The van der Waals surface area contributed by atoms with Crippen molar-refractivity contribution in [2.75, 3.05) is 0 Å². The molecule has 0 aromatic heterocycles. The second kappa shape index (κ2) is 4.18. The van der Waals surface area contributed by atoms with Gasteiger partial charge in [0.1, 0.15) is 6.67 Å².